The number of aromatic nitrogens is 6. The molecule has 0 radical (unpaired) electrons. The third kappa shape index (κ3) is 6.91. The van der Waals surface area contributed by atoms with Gasteiger partial charge in [-0.25, -0.2) is 0 Å². The van der Waals surface area contributed by atoms with Gasteiger partial charge in [0.15, 0.2) is 0 Å². The molecule has 6 heteroatoms. The molecule has 6 nitrogen and oxygen atoms in total. The van der Waals surface area contributed by atoms with Crippen molar-refractivity contribution in [2.45, 2.75) is 38.8 Å². The lowest BCUT2D eigenvalue weighted by Crippen LogP contribution is -2.01. The quantitative estimate of drug-likeness (QED) is 0.116. The van der Waals surface area contributed by atoms with Crippen LogP contribution < -0.4 is 0 Å². The van der Waals surface area contributed by atoms with Crippen molar-refractivity contribution in [3.05, 3.63) is 267 Å². The molecule has 0 N–H and O–H groups in total. The highest BCUT2D eigenvalue weighted by molar-refractivity contribution is 6.16. The van der Waals surface area contributed by atoms with Gasteiger partial charge in [0, 0.05) is 123 Å². The van der Waals surface area contributed by atoms with Crippen molar-refractivity contribution < 1.29 is 0 Å². The molecule has 84 heavy (non-hydrogen) atoms. The summed E-state index contributed by atoms with van der Waals surface area (Å²) in [5, 5.41) is 15.3. The van der Waals surface area contributed by atoms with Crippen LogP contribution in [-0.4, -0.2) is 27.4 Å². The summed E-state index contributed by atoms with van der Waals surface area (Å²) in [6.45, 7) is 1.88. The molecular formula is C78H56N6. The second-order valence-corrected chi connectivity index (χ2v) is 23.0. The first-order valence-corrected chi connectivity index (χ1v) is 29.8. The zero-order valence-corrected chi connectivity index (χ0v) is 46.3. The Balaban J connectivity index is 0.703. The first-order chi connectivity index (χ1) is 41.7. The summed E-state index contributed by atoms with van der Waals surface area (Å²) >= 11 is 0. The minimum Gasteiger partial charge on any atom is -0.340 e. The van der Waals surface area contributed by atoms with Gasteiger partial charge in [-0.3, -0.25) is 0 Å². The molecule has 12 aromatic carbocycles. The van der Waals surface area contributed by atoms with Gasteiger partial charge in [-0.1, -0.05) is 158 Å². The summed E-state index contributed by atoms with van der Waals surface area (Å²) in [7, 11) is 0. The zero-order chi connectivity index (χ0) is 55.0. The third-order valence-electron chi connectivity index (χ3n) is 18.5. The highest BCUT2D eigenvalue weighted by Crippen LogP contribution is 2.42. The molecular weight excluding hydrogens is 1020 g/mol. The second-order valence-electron chi connectivity index (χ2n) is 23.0. The van der Waals surface area contributed by atoms with Crippen molar-refractivity contribution in [3.63, 3.8) is 0 Å². The van der Waals surface area contributed by atoms with Crippen LogP contribution in [0.25, 0.3) is 154 Å². The number of unbranched alkanes of at least 4 members (excludes halogenated alkanes) is 3. The second kappa shape index (κ2) is 18.5. The SMILES string of the molecule is c1ccc2c(c1)c1ccccc1n2-c1ccc2c(c1)c1cc(-n3c4ccccc4c4ccccc43)ccc1n2CCCCCCn1c2ccc(-n3c4ccccc4c4ccccc43)cc2c2cc(-n3c4ccccc4c4ccccc43)ccc21. The third-order valence-corrected chi connectivity index (χ3v) is 18.5. The van der Waals surface area contributed by atoms with Crippen LogP contribution in [-0.2, 0) is 13.1 Å². The van der Waals surface area contributed by atoms with Crippen molar-refractivity contribution in [1.29, 1.82) is 0 Å². The fourth-order valence-corrected chi connectivity index (χ4v) is 14.9. The molecule has 18 aromatic rings. The number of rotatable bonds is 11. The summed E-state index contributed by atoms with van der Waals surface area (Å²) in [6, 6.07) is 99.4. The van der Waals surface area contributed by atoms with Crippen LogP contribution in [0.5, 0.6) is 0 Å². The molecule has 0 bridgehead atoms. The molecule has 0 aliphatic carbocycles. The fraction of sp³-hybridized carbons (Fsp3) is 0.0769. The minimum atomic E-state index is 0.940. The van der Waals surface area contributed by atoms with Crippen molar-refractivity contribution in [2.75, 3.05) is 0 Å². The van der Waals surface area contributed by atoms with Crippen molar-refractivity contribution in [3.8, 4) is 22.7 Å². The molecule has 0 amide bonds. The number of fused-ring (bicyclic) bond motifs is 18. The molecule has 0 atom stereocenters. The van der Waals surface area contributed by atoms with E-state index in [1.165, 1.54) is 154 Å². The highest BCUT2D eigenvalue weighted by Gasteiger charge is 2.21. The van der Waals surface area contributed by atoms with E-state index in [1.807, 2.05) is 0 Å². The predicted molar refractivity (Wildman–Crippen MR) is 355 cm³/mol. The van der Waals surface area contributed by atoms with Crippen LogP contribution in [0.15, 0.2) is 267 Å². The first-order valence-electron chi connectivity index (χ1n) is 29.8. The molecule has 398 valence electrons. The van der Waals surface area contributed by atoms with E-state index in [2.05, 4.69) is 294 Å². The van der Waals surface area contributed by atoms with Crippen LogP contribution in [0.3, 0.4) is 0 Å². The van der Waals surface area contributed by atoms with Crippen LogP contribution in [0.4, 0.5) is 0 Å². The molecule has 0 saturated carbocycles. The average molecular weight is 1080 g/mol. The maximum Gasteiger partial charge on any atom is 0.0541 e. The largest absolute Gasteiger partial charge is 0.340 e. The van der Waals surface area contributed by atoms with Crippen LogP contribution in [0, 0.1) is 0 Å². The van der Waals surface area contributed by atoms with E-state index >= 15 is 0 Å². The molecule has 0 aliphatic rings. The van der Waals surface area contributed by atoms with E-state index in [9.17, 15) is 0 Å². The number of nitrogens with zero attached hydrogens (tertiary/aromatic N) is 6. The van der Waals surface area contributed by atoms with Gasteiger partial charge in [-0.2, -0.15) is 0 Å². The van der Waals surface area contributed by atoms with Crippen LogP contribution in [0.1, 0.15) is 25.7 Å². The lowest BCUT2D eigenvalue weighted by Gasteiger charge is -2.12. The molecule has 6 heterocycles. The van der Waals surface area contributed by atoms with E-state index in [4.69, 9.17) is 0 Å². The van der Waals surface area contributed by atoms with Gasteiger partial charge in [0.2, 0.25) is 0 Å². The lowest BCUT2D eigenvalue weighted by atomic mass is 10.1. The Morgan fingerprint density at radius 3 is 0.560 bits per heavy atom. The highest BCUT2D eigenvalue weighted by atomic mass is 15.0. The van der Waals surface area contributed by atoms with Gasteiger partial charge < -0.3 is 27.4 Å². The van der Waals surface area contributed by atoms with Crippen molar-refractivity contribution in [1.82, 2.24) is 27.4 Å². The van der Waals surface area contributed by atoms with Crippen molar-refractivity contribution >= 4 is 131 Å². The molecule has 0 aliphatic heterocycles. The van der Waals surface area contributed by atoms with E-state index in [0.29, 0.717) is 0 Å². The zero-order valence-electron chi connectivity index (χ0n) is 46.3. The lowest BCUT2D eigenvalue weighted by molar-refractivity contribution is 0.559. The topological polar surface area (TPSA) is 29.6 Å². The molecule has 0 fully saturated rings. The summed E-state index contributed by atoms with van der Waals surface area (Å²) < 4.78 is 15.0. The van der Waals surface area contributed by atoms with E-state index in [0.717, 1.165) is 38.8 Å². The molecule has 0 spiro atoms. The van der Waals surface area contributed by atoms with Gasteiger partial charge in [-0.05, 0) is 134 Å². The van der Waals surface area contributed by atoms with Crippen LogP contribution in [0.2, 0.25) is 0 Å². The van der Waals surface area contributed by atoms with Gasteiger partial charge in [-0.15, -0.1) is 0 Å². The molecule has 0 saturated heterocycles. The van der Waals surface area contributed by atoms with E-state index < -0.39 is 0 Å². The van der Waals surface area contributed by atoms with Gasteiger partial charge in [0.25, 0.3) is 0 Å². The standard InChI is InChI=1S/C78H56N6/c1(19-45-79-67-41-37-51(81-71-29-11-3-21-55(71)56-22-4-12-30-72(56)81)47-63(67)64-48-52(38-42-68(64)79)82-73-31-13-5-23-57(73)58-24-6-14-32-74(58)82)2-20-46-80-69-43-39-53(83-75-33-15-7-25-59(75)60-26-8-16-34-76(60)83)49-65(69)66-50-54(40-44-70(66)80)84-77-35-17-9-27-61(77)62-28-10-18-36-78(62)84/h3-18,21-44,47-50H,1-2,19-20,45-46H2. The monoisotopic (exact) mass is 1080 g/mol. The summed E-state index contributed by atoms with van der Waals surface area (Å²) in [4.78, 5) is 0. The average Bonchev–Trinajstić information content (AvgIpc) is 4.50. The Morgan fingerprint density at radius 2 is 0.357 bits per heavy atom. The summed E-state index contributed by atoms with van der Waals surface area (Å²) in [5.41, 5.74) is 19.6. The normalized spacial score (nSPS) is 12.3. The number of aryl methyl sites for hydroxylation is 2. The predicted octanol–water partition coefficient (Wildman–Crippen LogP) is 20.6. The molecule has 6 aromatic heterocycles. The minimum absolute atomic E-state index is 0.940. The van der Waals surface area contributed by atoms with Gasteiger partial charge >= 0.3 is 0 Å². The summed E-state index contributed by atoms with van der Waals surface area (Å²) in [6.07, 6.45) is 4.43. The van der Waals surface area contributed by atoms with E-state index in [1.54, 1.807) is 0 Å². The maximum atomic E-state index is 2.60. The number of benzene rings is 12. The molecule has 18 rings (SSSR count). The number of para-hydroxylation sites is 8. The number of hydrogen-bond acceptors (Lipinski definition) is 0. The Bertz CT molecular complexity index is 4800. The van der Waals surface area contributed by atoms with Crippen molar-refractivity contribution in [2.24, 2.45) is 0 Å². The van der Waals surface area contributed by atoms with E-state index in [-0.39, 0.29) is 0 Å². The Hall–Kier alpha value is -10.6. The number of hydrogen-bond donors (Lipinski definition) is 0. The fourth-order valence-electron chi connectivity index (χ4n) is 14.9. The van der Waals surface area contributed by atoms with Crippen LogP contribution >= 0.6 is 0 Å². The molecule has 0 unspecified atom stereocenters. The maximum absolute atomic E-state index is 2.60. The Morgan fingerprint density at radius 1 is 0.167 bits per heavy atom. The first kappa shape index (κ1) is 47.1. The van der Waals surface area contributed by atoms with Gasteiger partial charge in [0.1, 0.15) is 0 Å². The Labute approximate surface area is 484 Å². The Kier molecular flexibility index (Phi) is 10.4. The van der Waals surface area contributed by atoms with Gasteiger partial charge in [0.05, 0.1) is 44.1 Å². The smallest absolute Gasteiger partial charge is 0.0541 e. The summed E-state index contributed by atoms with van der Waals surface area (Å²) in [5.74, 6) is 0.